The number of carbonyl (C=O) groups excluding carboxylic acids is 1. The molecule has 0 aromatic carbocycles. The number of aryl methyl sites for hydroxylation is 2. The van der Waals surface area contributed by atoms with E-state index < -0.39 is 0 Å². The lowest BCUT2D eigenvalue weighted by Crippen LogP contribution is -2.61. The first-order valence-electron chi connectivity index (χ1n) is 15.0. The SMILES string of the molecule is CCN(C1CCC(N2CC(n3cccn3)C2)CC1)N1NC2=C(SCC2)C(Cc2c(C)cc(C)[nH]c2=O)C(=O)C1C. The minimum Gasteiger partial charge on any atom is -0.326 e. The van der Waals surface area contributed by atoms with Crippen LogP contribution in [-0.2, 0) is 11.2 Å². The van der Waals surface area contributed by atoms with Crippen LogP contribution in [0.15, 0.2) is 39.9 Å². The molecule has 5 heterocycles. The largest absolute Gasteiger partial charge is 0.326 e. The van der Waals surface area contributed by atoms with E-state index in [1.165, 1.54) is 12.8 Å². The van der Waals surface area contributed by atoms with Crippen LogP contribution in [0.3, 0.4) is 0 Å². The molecule has 1 aliphatic carbocycles. The van der Waals surface area contributed by atoms with Crippen LogP contribution in [0.1, 0.15) is 68.8 Å². The standard InChI is InChI=1S/C30H43N7O2S/c1-5-36(23-9-7-22(8-10-23)34-17-24(18-34)35-13-6-12-31-35)37-21(4)28(38)26(29-27(33-37)11-14-40-29)16-25-19(2)15-20(3)32-30(25)39/h6,12-13,15,21-24,26,33H,5,7-11,14,16-18H2,1-4H3,(H,32,39). The van der Waals surface area contributed by atoms with Crippen molar-refractivity contribution in [2.24, 2.45) is 5.92 Å². The van der Waals surface area contributed by atoms with Crippen molar-refractivity contribution < 1.29 is 4.79 Å². The number of nitrogens with zero attached hydrogens (tertiary/aromatic N) is 5. The van der Waals surface area contributed by atoms with Gasteiger partial charge in [-0.15, -0.1) is 16.9 Å². The van der Waals surface area contributed by atoms with Crippen molar-refractivity contribution in [2.75, 3.05) is 25.4 Å². The molecule has 0 radical (unpaired) electrons. The van der Waals surface area contributed by atoms with Gasteiger partial charge in [0.15, 0.2) is 5.78 Å². The number of allylic oxidation sites excluding steroid dienone is 2. The average molecular weight is 566 g/mol. The summed E-state index contributed by atoms with van der Waals surface area (Å²) in [7, 11) is 0. The van der Waals surface area contributed by atoms with Crippen molar-refractivity contribution in [1.29, 1.82) is 0 Å². The molecule has 6 rings (SSSR count). The summed E-state index contributed by atoms with van der Waals surface area (Å²) in [5.41, 5.74) is 7.37. The minimum absolute atomic E-state index is 0.0674. The summed E-state index contributed by atoms with van der Waals surface area (Å²) in [4.78, 5) is 33.7. The molecule has 0 amide bonds. The molecule has 2 unspecified atom stereocenters. The van der Waals surface area contributed by atoms with Crippen LogP contribution < -0.4 is 11.0 Å². The molecule has 0 bridgehead atoms. The van der Waals surface area contributed by atoms with Gasteiger partial charge in [-0.05, 0) is 77.0 Å². The molecule has 1 saturated carbocycles. The number of Topliss-reactive ketones (excluding diaryl/α,β-unsaturated/α-hetero) is 1. The van der Waals surface area contributed by atoms with Gasteiger partial charge in [0.2, 0.25) is 0 Å². The van der Waals surface area contributed by atoms with Gasteiger partial charge in [0.25, 0.3) is 5.56 Å². The fraction of sp³-hybridized carbons (Fsp3) is 0.633. The Bertz CT molecular complexity index is 1310. The third kappa shape index (κ3) is 5.19. The quantitative estimate of drug-likeness (QED) is 0.527. The number of rotatable bonds is 7. The van der Waals surface area contributed by atoms with Crippen LogP contribution >= 0.6 is 11.8 Å². The van der Waals surface area contributed by atoms with Gasteiger partial charge < -0.3 is 10.4 Å². The Kier molecular flexibility index (Phi) is 7.96. The number of likely N-dealkylation sites (tertiary alicyclic amines) is 1. The number of ketones is 1. The van der Waals surface area contributed by atoms with Gasteiger partial charge >= 0.3 is 0 Å². The molecule has 1 saturated heterocycles. The van der Waals surface area contributed by atoms with E-state index in [4.69, 9.17) is 0 Å². The summed E-state index contributed by atoms with van der Waals surface area (Å²) in [5.74, 6) is 0.879. The summed E-state index contributed by atoms with van der Waals surface area (Å²) < 4.78 is 2.10. The number of thioether (sulfide) groups is 1. The Morgan fingerprint density at radius 3 is 2.58 bits per heavy atom. The zero-order chi connectivity index (χ0) is 28.0. The fourth-order valence-corrected chi connectivity index (χ4v) is 8.50. The smallest absolute Gasteiger partial charge is 0.251 e. The van der Waals surface area contributed by atoms with Crippen molar-refractivity contribution in [3.8, 4) is 0 Å². The Balaban J connectivity index is 1.14. The molecule has 2 fully saturated rings. The maximum Gasteiger partial charge on any atom is 0.251 e. The van der Waals surface area contributed by atoms with Crippen LogP contribution in [0, 0.1) is 19.8 Å². The Hall–Kier alpha value is -2.40. The number of hydrazine groups is 2. The van der Waals surface area contributed by atoms with Crippen LogP contribution in [0.4, 0.5) is 0 Å². The predicted octanol–water partition coefficient (Wildman–Crippen LogP) is 3.58. The topological polar surface area (TPSA) is 89.5 Å². The monoisotopic (exact) mass is 565 g/mol. The van der Waals surface area contributed by atoms with Crippen molar-refractivity contribution in [2.45, 2.75) is 90.4 Å². The first-order valence-corrected chi connectivity index (χ1v) is 16.0. The molecule has 2 aromatic rings. The maximum absolute atomic E-state index is 14.1. The van der Waals surface area contributed by atoms with Crippen LogP contribution in [0.2, 0.25) is 0 Å². The first kappa shape index (κ1) is 27.8. The molecular formula is C30H43N7O2S. The van der Waals surface area contributed by atoms with Gasteiger partial charge in [0.05, 0.1) is 12.0 Å². The second-order valence-electron chi connectivity index (χ2n) is 12.0. The molecule has 4 aliphatic rings. The van der Waals surface area contributed by atoms with E-state index in [9.17, 15) is 9.59 Å². The first-order chi connectivity index (χ1) is 19.3. The normalized spacial score (nSPS) is 28.5. The van der Waals surface area contributed by atoms with Gasteiger partial charge in [-0.3, -0.25) is 19.2 Å². The lowest BCUT2D eigenvalue weighted by Gasteiger charge is -2.49. The van der Waals surface area contributed by atoms with E-state index in [0.29, 0.717) is 24.5 Å². The van der Waals surface area contributed by atoms with Crippen molar-refractivity contribution in [3.63, 3.8) is 0 Å². The van der Waals surface area contributed by atoms with Gasteiger partial charge in [0.1, 0.15) is 6.04 Å². The molecule has 40 heavy (non-hydrogen) atoms. The maximum atomic E-state index is 14.1. The number of aromatic amines is 1. The van der Waals surface area contributed by atoms with Crippen molar-refractivity contribution in [3.05, 3.63) is 62.3 Å². The van der Waals surface area contributed by atoms with E-state index in [0.717, 1.165) is 72.1 Å². The number of carbonyl (C=O) groups is 1. The van der Waals surface area contributed by atoms with Gasteiger partial charge in [-0.1, -0.05) is 6.92 Å². The number of nitrogens with one attached hydrogen (secondary N) is 2. The summed E-state index contributed by atoms with van der Waals surface area (Å²) in [5, 5.41) is 8.99. The van der Waals surface area contributed by atoms with Crippen LogP contribution in [0.25, 0.3) is 0 Å². The Morgan fingerprint density at radius 2 is 1.90 bits per heavy atom. The van der Waals surface area contributed by atoms with E-state index in [1.807, 2.05) is 39.1 Å². The van der Waals surface area contributed by atoms with Gasteiger partial charge in [-0.25, -0.2) is 5.01 Å². The fourth-order valence-electron chi connectivity index (χ4n) is 7.25. The zero-order valence-corrected chi connectivity index (χ0v) is 25.0. The second-order valence-corrected chi connectivity index (χ2v) is 13.1. The molecule has 0 spiro atoms. The molecule has 216 valence electrons. The molecule has 2 aromatic heterocycles. The Labute approximate surface area is 241 Å². The number of H-pyrrole nitrogens is 1. The highest BCUT2D eigenvalue weighted by Gasteiger charge is 2.43. The van der Waals surface area contributed by atoms with Crippen molar-refractivity contribution >= 4 is 17.5 Å². The van der Waals surface area contributed by atoms with E-state index in [1.54, 1.807) is 11.8 Å². The number of aromatic nitrogens is 3. The third-order valence-corrected chi connectivity index (χ3v) is 10.7. The van der Waals surface area contributed by atoms with Crippen LogP contribution in [-0.4, -0.2) is 79.1 Å². The third-order valence-electron chi connectivity index (χ3n) is 9.49. The highest BCUT2D eigenvalue weighted by atomic mass is 32.2. The molecule has 10 heteroatoms. The molecule has 2 atom stereocenters. The average Bonchev–Trinajstić information content (AvgIpc) is 3.58. The lowest BCUT2D eigenvalue weighted by molar-refractivity contribution is -0.151. The Morgan fingerprint density at radius 1 is 1.12 bits per heavy atom. The highest BCUT2D eigenvalue weighted by molar-refractivity contribution is 8.03. The summed E-state index contributed by atoms with van der Waals surface area (Å²) >= 11 is 1.78. The molecular weight excluding hydrogens is 522 g/mol. The summed E-state index contributed by atoms with van der Waals surface area (Å²) in [6.45, 7) is 11.1. The van der Waals surface area contributed by atoms with E-state index in [-0.39, 0.29) is 23.3 Å². The highest BCUT2D eigenvalue weighted by Crippen LogP contribution is 2.41. The van der Waals surface area contributed by atoms with E-state index in [2.05, 4.69) is 48.3 Å². The molecule has 9 nitrogen and oxygen atoms in total. The number of hydrogen-bond donors (Lipinski definition) is 2. The number of pyridine rings is 1. The number of hydrogen-bond acceptors (Lipinski definition) is 8. The summed E-state index contributed by atoms with van der Waals surface area (Å²) in [6, 6.07) is 5.25. The van der Waals surface area contributed by atoms with Crippen molar-refractivity contribution in [1.82, 2.24) is 35.2 Å². The van der Waals surface area contributed by atoms with Gasteiger partial charge in [-0.2, -0.15) is 5.10 Å². The predicted molar refractivity (Wildman–Crippen MR) is 159 cm³/mol. The van der Waals surface area contributed by atoms with Gasteiger partial charge in [0, 0.05) is 71.7 Å². The molecule has 2 N–H and O–H groups in total. The van der Waals surface area contributed by atoms with E-state index >= 15 is 0 Å². The van der Waals surface area contributed by atoms with Crippen LogP contribution in [0.5, 0.6) is 0 Å². The second kappa shape index (κ2) is 11.5. The zero-order valence-electron chi connectivity index (χ0n) is 24.2. The molecule has 3 aliphatic heterocycles. The minimum atomic E-state index is -0.316. The lowest BCUT2D eigenvalue weighted by atomic mass is 9.87. The summed E-state index contributed by atoms with van der Waals surface area (Å²) in [6.07, 6.45) is 9.94.